The molecule has 0 radical (unpaired) electrons. The monoisotopic (exact) mass is 255 g/mol. The Hall–Kier alpha value is -1.36. The van der Waals surface area contributed by atoms with Crippen molar-refractivity contribution in [3.05, 3.63) is 17.5 Å². The molecule has 1 fully saturated rings. The number of halogens is 1. The molecule has 0 N–H and O–H groups in total. The molecule has 0 bridgehead atoms. The topological polar surface area (TPSA) is 55.3 Å². The minimum absolute atomic E-state index is 0.0217. The smallest absolute Gasteiger partial charge is 0.415 e. The van der Waals surface area contributed by atoms with Crippen molar-refractivity contribution in [2.75, 3.05) is 11.5 Å². The molecule has 0 spiro atoms. The maximum atomic E-state index is 11.7. The van der Waals surface area contributed by atoms with Crippen molar-refractivity contribution in [3.63, 3.8) is 0 Å². The second kappa shape index (κ2) is 4.87. The van der Waals surface area contributed by atoms with E-state index >= 15 is 0 Å². The molecule has 5 nitrogen and oxygen atoms in total. The van der Waals surface area contributed by atoms with Crippen molar-refractivity contribution >= 4 is 23.5 Å². The third-order valence-electron chi connectivity index (χ3n) is 2.56. The van der Waals surface area contributed by atoms with Crippen molar-refractivity contribution in [2.45, 2.75) is 26.3 Å². The number of nitrogens with zero attached hydrogens (tertiary/aromatic N) is 3. The van der Waals surface area contributed by atoms with E-state index in [2.05, 4.69) is 23.8 Å². The Morgan fingerprint density at radius 1 is 1.65 bits per heavy atom. The minimum Gasteiger partial charge on any atom is -0.447 e. The second-order valence-electron chi connectivity index (χ2n) is 4.41. The quantitative estimate of drug-likeness (QED) is 0.779. The first kappa shape index (κ1) is 12.1. The zero-order valence-electron chi connectivity index (χ0n) is 9.76. The molecule has 1 amide bonds. The lowest BCUT2D eigenvalue weighted by atomic mass is 10.0. The average Bonchev–Trinajstić information content (AvgIpc) is 2.59. The van der Waals surface area contributed by atoms with E-state index in [1.54, 1.807) is 11.0 Å². The Morgan fingerprint density at radius 2 is 2.41 bits per heavy atom. The highest BCUT2D eigenvalue weighted by molar-refractivity contribution is 6.28. The van der Waals surface area contributed by atoms with Gasteiger partial charge in [0, 0.05) is 6.20 Å². The number of cyclic esters (lactones) is 1. The lowest BCUT2D eigenvalue weighted by Crippen LogP contribution is -2.35. The van der Waals surface area contributed by atoms with Crippen LogP contribution in [-0.4, -0.2) is 28.7 Å². The maximum Gasteiger partial charge on any atom is 0.415 e. The molecule has 1 aliphatic heterocycles. The van der Waals surface area contributed by atoms with E-state index in [9.17, 15) is 4.79 Å². The van der Waals surface area contributed by atoms with Crippen LogP contribution in [0.3, 0.4) is 0 Å². The van der Waals surface area contributed by atoms with Gasteiger partial charge in [0.15, 0.2) is 0 Å². The zero-order chi connectivity index (χ0) is 12.4. The van der Waals surface area contributed by atoms with Gasteiger partial charge in [0.25, 0.3) is 0 Å². The van der Waals surface area contributed by atoms with Crippen molar-refractivity contribution in [3.8, 4) is 0 Å². The molecular formula is C11H14ClN3O2. The van der Waals surface area contributed by atoms with Gasteiger partial charge in [-0.25, -0.2) is 14.8 Å². The van der Waals surface area contributed by atoms with Gasteiger partial charge in [0.2, 0.25) is 5.28 Å². The first-order valence-electron chi connectivity index (χ1n) is 5.52. The molecule has 0 saturated carbocycles. The molecule has 92 valence electrons. The highest BCUT2D eigenvalue weighted by Gasteiger charge is 2.35. The Bertz CT molecular complexity index is 425. The Balaban J connectivity index is 2.24. The zero-order valence-corrected chi connectivity index (χ0v) is 10.5. The molecule has 1 aromatic heterocycles. The molecule has 1 aromatic rings. The highest BCUT2D eigenvalue weighted by atomic mass is 35.5. The Kier molecular flexibility index (Phi) is 3.47. The van der Waals surface area contributed by atoms with Crippen molar-refractivity contribution in [1.29, 1.82) is 0 Å². The van der Waals surface area contributed by atoms with E-state index in [0.29, 0.717) is 18.3 Å². The number of rotatable bonds is 3. The van der Waals surface area contributed by atoms with Crippen LogP contribution in [0.25, 0.3) is 0 Å². The maximum absolute atomic E-state index is 11.7. The summed E-state index contributed by atoms with van der Waals surface area (Å²) in [6, 6.07) is 1.68. The summed E-state index contributed by atoms with van der Waals surface area (Å²) < 4.78 is 5.06. The van der Waals surface area contributed by atoms with Gasteiger partial charge in [-0.1, -0.05) is 13.8 Å². The Morgan fingerprint density at radius 3 is 3.06 bits per heavy atom. The molecular weight excluding hydrogens is 242 g/mol. The number of carbonyl (C=O) groups excluding carboxylic acids is 1. The first-order chi connectivity index (χ1) is 8.08. The molecule has 1 atom stereocenters. The van der Waals surface area contributed by atoms with Gasteiger partial charge in [-0.2, -0.15) is 0 Å². The molecule has 0 aromatic carbocycles. The molecule has 6 heteroatoms. The van der Waals surface area contributed by atoms with Crippen LogP contribution in [0.2, 0.25) is 5.28 Å². The fourth-order valence-electron chi connectivity index (χ4n) is 1.92. The van der Waals surface area contributed by atoms with Crippen LogP contribution in [0, 0.1) is 5.92 Å². The van der Waals surface area contributed by atoms with E-state index in [0.717, 1.165) is 6.42 Å². The number of carbonyl (C=O) groups is 1. The first-order valence-corrected chi connectivity index (χ1v) is 5.90. The summed E-state index contributed by atoms with van der Waals surface area (Å²) in [5.41, 5.74) is 0. The molecule has 2 heterocycles. The lowest BCUT2D eigenvalue weighted by molar-refractivity contribution is 0.178. The molecule has 1 saturated heterocycles. The van der Waals surface area contributed by atoms with E-state index in [-0.39, 0.29) is 17.4 Å². The number of aromatic nitrogens is 2. The number of amides is 1. The van der Waals surface area contributed by atoms with E-state index in [4.69, 9.17) is 16.3 Å². The van der Waals surface area contributed by atoms with Gasteiger partial charge >= 0.3 is 6.09 Å². The fraction of sp³-hybridized carbons (Fsp3) is 0.545. The van der Waals surface area contributed by atoms with Crippen LogP contribution in [0.5, 0.6) is 0 Å². The molecule has 0 aliphatic carbocycles. The minimum atomic E-state index is -0.370. The molecule has 1 aliphatic rings. The second-order valence-corrected chi connectivity index (χ2v) is 4.75. The highest BCUT2D eigenvalue weighted by Crippen LogP contribution is 2.25. The lowest BCUT2D eigenvalue weighted by Gasteiger charge is -2.21. The molecule has 2 rings (SSSR count). The number of hydrogen-bond acceptors (Lipinski definition) is 4. The van der Waals surface area contributed by atoms with Crippen molar-refractivity contribution < 1.29 is 9.53 Å². The summed E-state index contributed by atoms with van der Waals surface area (Å²) in [6.07, 6.45) is 2.03. The SMILES string of the molecule is CC(C)C[C@H]1COC(=O)N1c1ccnc(Cl)n1. The number of ether oxygens (including phenoxy) is 1. The predicted octanol–water partition coefficient (Wildman–Crippen LogP) is 2.50. The van der Waals surface area contributed by atoms with Gasteiger partial charge in [-0.3, -0.25) is 4.90 Å². The number of hydrogen-bond donors (Lipinski definition) is 0. The van der Waals surface area contributed by atoms with Gasteiger partial charge < -0.3 is 4.74 Å². The summed E-state index contributed by atoms with van der Waals surface area (Å²) >= 11 is 5.72. The van der Waals surface area contributed by atoms with E-state index in [1.165, 1.54) is 6.20 Å². The summed E-state index contributed by atoms with van der Waals surface area (Å²) in [5, 5.41) is 0.130. The van der Waals surface area contributed by atoms with E-state index in [1.807, 2.05) is 0 Å². The third kappa shape index (κ3) is 2.66. The van der Waals surface area contributed by atoms with Gasteiger partial charge in [-0.05, 0) is 30.0 Å². The summed E-state index contributed by atoms with van der Waals surface area (Å²) in [4.78, 5) is 21.1. The standard InChI is InChI=1S/C11H14ClN3O2/c1-7(2)5-8-6-17-11(16)15(8)9-3-4-13-10(12)14-9/h3-4,7-8H,5-6H2,1-2H3/t8-/m0/s1. The van der Waals surface area contributed by atoms with Crippen LogP contribution in [0.4, 0.5) is 10.6 Å². The van der Waals surface area contributed by atoms with Gasteiger partial charge in [-0.15, -0.1) is 0 Å². The van der Waals surface area contributed by atoms with Crippen molar-refractivity contribution in [1.82, 2.24) is 9.97 Å². The van der Waals surface area contributed by atoms with Gasteiger partial charge in [0.05, 0.1) is 6.04 Å². The summed E-state index contributed by atoms with van der Waals surface area (Å²) in [6.45, 7) is 4.61. The Labute approximate surface area is 105 Å². The van der Waals surface area contributed by atoms with Crippen LogP contribution < -0.4 is 4.90 Å². The van der Waals surface area contributed by atoms with Crippen molar-refractivity contribution in [2.24, 2.45) is 5.92 Å². The summed E-state index contributed by atoms with van der Waals surface area (Å²) in [7, 11) is 0. The number of anilines is 1. The van der Waals surface area contributed by atoms with Crippen LogP contribution in [0.15, 0.2) is 12.3 Å². The van der Waals surface area contributed by atoms with Crippen LogP contribution in [0.1, 0.15) is 20.3 Å². The third-order valence-corrected chi connectivity index (χ3v) is 2.74. The van der Waals surface area contributed by atoms with Crippen LogP contribution in [-0.2, 0) is 4.74 Å². The molecule has 17 heavy (non-hydrogen) atoms. The van der Waals surface area contributed by atoms with E-state index < -0.39 is 0 Å². The molecule has 0 unspecified atom stereocenters. The average molecular weight is 256 g/mol. The summed E-state index contributed by atoms with van der Waals surface area (Å²) in [5.74, 6) is 0.979. The normalized spacial score (nSPS) is 19.9. The van der Waals surface area contributed by atoms with Crippen LogP contribution >= 0.6 is 11.6 Å². The largest absolute Gasteiger partial charge is 0.447 e. The fourth-order valence-corrected chi connectivity index (χ4v) is 2.06. The van der Waals surface area contributed by atoms with Gasteiger partial charge in [0.1, 0.15) is 12.4 Å². The predicted molar refractivity (Wildman–Crippen MR) is 64.1 cm³/mol.